The molecule has 1 fully saturated rings. The van der Waals surface area contributed by atoms with E-state index in [2.05, 4.69) is 17.2 Å². The summed E-state index contributed by atoms with van der Waals surface area (Å²) in [6.07, 6.45) is 1.86. The highest BCUT2D eigenvalue weighted by Gasteiger charge is 2.12. The molecule has 2 aromatic rings. The van der Waals surface area contributed by atoms with Crippen molar-refractivity contribution in [1.82, 2.24) is 0 Å². The SMILES string of the molecule is CC(=N)c1cc(Nc2ccc(F)c(C)c2)c(C#CC2CCOCC2)cc1N. The first kappa shape index (κ1) is 18.9. The van der Waals surface area contributed by atoms with Gasteiger partial charge in [0.25, 0.3) is 0 Å². The molecular weight excluding hydrogens is 341 g/mol. The molecule has 1 aliphatic heterocycles. The summed E-state index contributed by atoms with van der Waals surface area (Å²) in [5.41, 5.74) is 10.6. The van der Waals surface area contributed by atoms with Crippen molar-refractivity contribution >= 4 is 22.8 Å². The largest absolute Gasteiger partial charge is 0.398 e. The van der Waals surface area contributed by atoms with Crippen LogP contribution in [-0.4, -0.2) is 18.9 Å². The molecule has 2 aromatic carbocycles. The number of halogens is 1. The van der Waals surface area contributed by atoms with E-state index in [0.29, 0.717) is 28.4 Å². The molecule has 1 aliphatic rings. The summed E-state index contributed by atoms with van der Waals surface area (Å²) >= 11 is 0. The first-order valence-electron chi connectivity index (χ1n) is 9.05. The van der Waals surface area contributed by atoms with Gasteiger partial charge in [0.1, 0.15) is 5.82 Å². The molecule has 0 aromatic heterocycles. The van der Waals surface area contributed by atoms with Gasteiger partial charge in [0.2, 0.25) is 0 Å². The second-order valence-electron chi connectivity index (χ2n) is 6.85. The molecule has 0 bridgehead atoms. The van der Waals surface area contributed by atoms with Crippen molar-refractivity contribution in [3.8, 4) is 11.8 Å². The Bertz CT molecular complexity index is 921. The number of nitrogens with one attached hydrogen (secondary N) is 2. The molecule has 0 saturated carbocycles. The van der Waals surface area contributed by atoms with Gasteiger partial charge >= 0.3 is 0 Å². The van der Waals surface area contributed by atoms with Crippen molar-refractivity contribution in [2.24, 2.45) is 5.92 Å². The lowest BCUT2D eigenvalue weighted by Crippen LogP contribution is -2.14. The van der Waals surface area contributed by atoms with Crippen LogP contribution < -0.4 is 11.1 Å². The van der Waals surface area contributed by atoms with Gasteiger partial charge in [0, 0.05) is 41.8 Å². The van der Waals surface area contributed by atoms with E-state index < -0.39 is 0 Å². The average Bonchev–Trinajstić information content (AvgIpc) is 2.65. The van der Waals surface area contributed by atoms with Crippen molar-refractivity contribution in [3.63, 3.8) is 0 Å². The maximum absolute atomic E-state index is 13.6. The number of nitrogens with two attached hydrogens (primary N) is 1. The zero-order valence-electron chi connectivity index (χ0n) is 15.7. The molecule has 0 aliphatic carbocycles. The maximum Gasteiger partial charge on any atom is 0.126 e. The normalized spacial score (nSPS) is 14.3. The van der Waals surface area contributed by atoms with Crippen LogP contribution in [0, 0.1) is 35.9 Å². The monoisotopic (exact) mass is 365 g/mol. The van der Waals surface area contributed by atoms with E-state index in [4.69, 9.17) is 15.9 Å². The number of hydrogen-bond acceptors (Lipinski definition) is 4. The van der Waals surface area contributed by atoms with Crippen LogP contribution in [0.1, 0.15) is 36.5 Å². The van der Waals surface area contributed by atoms with Crippen LogP contribution in [0.2, 0.25) is 0 Å². The van der Waals surface area contributed by atoms with Gasteiger partial charge in [0.05, 0.1) is 11.3 Å². The smallest absolute Gasteiger partial charge is 0.126 e. The van der Waals surface area contributed by atoms with Crippen LogP contribution in [0.5, 0.6) is 0 Å². The zero-order chi connectivity index (χ0) is 19.4. The topological polar surface area (TPSA) is 71.1 Å². The van der Waals surface area contributed by atoms with Crippen molar-refractivity contribution < 1.29 is 9.13 Å². The van der Waals surface area contributed by atoms with Crippen LogP contribution in [0.15, 0.2) is 30.3 Å². The average molecular weight is 365 g/mol. The molecule has 4 N–H and O–H groups in total. The third-order valence-corrected chi connectivity index (χ3v) is 4.66. The lowest BCUT2D eigenvalue weighted by molar-refractivity contribution is 0.0807. The van der Waals surface area contributed by atoms with Crippen molar-refractivity contribution in [2.75, 3.05) is 24.3 Å². The molecule has 0 amide bonds. The molecule has 1 saturated heterocycles. The standard InChI is InChI=1S/C22H24FN3O/c1-14-11-18(5-6-20(14)23)26-22-13-19(15(2)24)21(25)12-17(22)4-3-16-7-9-27-10-8-16/h5-6,11-13,16,24,26H,7-10,25H2,1-2H3. The van der Waals surface area contributed by atoms with Crippen molar-refractivity contribution in [3.05, 3.63) is 52.8 Å². The number of anilines is 3. The van der Waals surface area contributed by atoms with Gasteiger partial charge in [-0.1, -0.05) is 11.8 Å². The molecule has 3 rings (SSSR count). The first-order valence-corrected chi connectivity index (χ1v) is 9.05. The van der Waals surface area contributed by atoms with Gasteiger partial charge < -0.3 is 21.2 Å². The quantitative estimate of drug-likeness (QED) is 0.422. The Morgan fingerprint density at radius 2 is 2.00 bits per heavy atom. The summed E-state index contributed by atoms with van der Waals surface area (Å²) in [6, 6.07) is 8.51. The number of hydrogen-bond donors (Lipinski definition) is 3. The van der Waals surface area contributed by atoms with Gasteiger partial charge in [-0.05, 0) is 62.6 Å². The van der Waals surface area contributed by atoms with Gasteiger partial charge in [-0.2, -0.15) is 0 Å². The highest BCUT2D eigenvalue weighted by Crippen LogP contribution is 2.28. The lowest BCUT2D eigenvalue weighted by Gasteiger charge is -2.17. The minimum Gasteiger partial charge on any atom is -0.398 e. The minimum atomic E-state index is -0.242. The number of benzene rings is 2. The molecule has 0 radical (unpaired) electrons. The predicted molar refractivity (Wildman–Crippen MR) is 108 cm³/mol. The van der Waals surface area contributed by atoms with Crippen molar-refractivity contribution in [1.29, 1.82) is 5.41 Å². The second-order valence-corrected chi connectivity index (χ2v) is 6.85. The van der Waals surface area contributed by atoms with Crippen LogP contribution >= 0.6 is 0 Å². The van der Waals surface area contributed by atoms with Crippen molar-refractivity contribution in [2.45, 2.75) is 26.7 Å². The Hall–Kier alpha value is -2.84. The Balaban J connectivity index is 1.97. The van der Waals surface area contributed by atoms with E-state index in [-0.39, 0.29) is 5.82 Å². The third-order valence-electron chi connectivity index (χ3n) is 4.66. The molecular formula is C22H24FN3O. The van der Waals surface area contributed by atoms with Gasteiger partial charge in [0.15, 0.2) is 0 Å². The van der Waals surface area contributed by atoms with Crippen LogP contribution in [0.3, 0.4) is 0 Å². The zero-order valence-corrected chi connectivity index (χ0v) is 15.7. The van der Waals surface area contributed by atoms with E-state index in [9.17, 15) is 4.39 Å². The Kier molecular flexibility index (Phi) is 5.78. The Morgan fingerprint density at radius 1 is 1.26 bits per heavy atom. The molecule has 140 valence electrons. The van der Waals surface area contributed by atoms with Crippen LogP contribution in [0.4, 0.5) is 21.5 Å². The summed E-state index contributed by atoms with van der Waals surface area (Å²) in [5.74, 6) is 6.63. The summed E-state index contributed by atoms with van der Waals surface area (Å²) < 4.78 is 18.9. The Morgan fingerprint density at radius 3 is 2.67 bits per heavy atom. The van der Waals surface area contributed by atoms with E-state index >= 15 is 0 Å². The fourth-order valence-electron chi connectivity index (χ4n) is 3.05. The van der Waals surface area contributed by atoms with Gasteiger partial charge in [-0.3, -0.25) is 0 Å². The van der Waals surface area contributed by atoms with E-state index in [0.717, 1.165) is 43.0 Å². The highest BCUT2D eigenvalue weighted by molar-refractivity contribution is 6.02. The second kappa shape index (κ2) is 8.24. The van der Waals surface area contributed by atoms with Gasteiger partial charge in [-0.25, -0.2) is 4.39 Å². The fourth-order valence-corrected chi connectivity index (χ4v) is 3.05. The van der Waals surface area contributed by atoms with Crippen LogP contribution in [0.25, 0.3) is 0 Å². The van der Waals surface area contributed by atoms with E-state index in [1.54, 1.807) is 32.0 Å². The molecule has 27 heavy (non-hydrogen) atoms. The molecule has 0 unspecified atom stereocenters. The van der Waals surface area contributed by atoms with Crippen LogP contribution in [-0.2, 0) is 4.74 Å². The molecule has 0 atom stereocenters. The number of rotatable bonds is 3. The number of ether oxygens (including phenoxy) is 1. The summed E-state index contributed by atoms with van der Waals surface area (Å²) in [5, 5.41) is 11.2. The first-order chi connectivity index (χ1) is 12.9. The summed E-state index contributed by atoms with van der Waals surface area (Å²) in [7, 11) is 0. The summed E-state index contributed by atoms with van der Waals surface area (Å²) in [6.45, 7) is 4.91. The molecule has 5 heteroatoms. The number of aryl methyl sites for hydroxylation is 1. The fraction of sp³-hybridized carbons (Fsp3) is 0.318. The highest BCUT2D eigenvalue weighted by atomic mass is 19.1. The number of nitrogen functional groups attached to an aromatic ring is 1. The molecule has 0 spiro atoms. The molecule has 1 heterocycles. The maximum atomic E-state index is 13.6. The lowest BCUT2D eigenvalue weighted by atomic mass is 9.99. The van der Waals surface area contributed by atoms with E-state index in [1.807, 2.05) is 6.07 Å². The molecule has 4 nitrogen and oxygen atoms in total. The third kappa shape index (κ3) is 4.66. The predicted octanol–water partition coefficient (Wildman–Crippen LogP) is 4.63. The minimum absolute atomic E-state index is 0.242. The van der Waals surface area contributed by atoms with E-state index in [1.165, 1.54) is 6.07 Å². The van der Waals surface area contributed by atoms with Gasteiger partial charge in [-0.15, -0.1) is 0 Å². The Labute approximate surface area is 159 Å². The summed E-state index contributed by atoms with van der Waals surface area (Å²) in [4.78, 5) is 0.